The van der Waals surface area contributed by atoms with Gasteiger partial charge in [0, 0.05) is 0 Å². The Morgan fingerprint density at radius 1 is 1.24 bits per heavy atom. The van der Waals surface area contributed by atoms with Crippen LogP contribution in [-0.4, -0.2) is 30.3 Å². The Kier molecular flexibility index (Phi) is 4.09. The Hall–Kier alpha value is -2.04. The molecule has 1 aromatic carbocycles. The first-order chi connectivity index (χ1) is 7.95. The molecule has 0 aliphatic rings. The van der Waals surface area contributed by atoms with E-state index in [2.05, 4.69) is 4.74 Å². The lowest BCUT2D eigenvalue weighted by Gasteiger charge is -2.09. The number of ether oxygens (including phenoxy) is 2. The highest BCUT2D eigenvalue weighted by molar-refractivity contribution is 5.97. The summed E-state index contributed by atoms with van der Waals surface area (Å²) in [7, 11) is 1.20. The molecule has 0 atom stereocenters. The number of carbonyl (C=O) groups excluding carboxylic acids is 2. The average molecular weight is 238 g/mol. The lowest BCUT2D eigenvalue weighted by atomic mass is 10.1. The number of phenols is 1. The zero-order valence-corrected chi connectivity index (χ0v) is 9.89. The van der Waals surface area contributed by atoms with Crippen LogP contribution in [0.2, 0.25) is 0 Å². The monoisotopic (exact) mass is 238 g/mol. The molecular weight excluding hydrogens is 224 g/mol. The smallest absolute Gasteiger partial charge is 0.341 e. The molecule has 0 amide bonds. The van der Waals surface area contributed by atoms with Crippen molar-refractivity contribution in [2.24, 2.45) is 0 Å². The first kappa shape index (κ1) is 13.0. The minimum absolute atomic E-state index is 0.0642. The number of benzene rings is 1. The van der Waals surface area contributed by atoms with Gasteiger partial charge in [-0.3, -0.25) is 0 Å². The van der Waals surface area contributed by atoms with Crippen molar-refractivity contribution in [2.75, 3.05) is 7.11 Å². The molecule has 0 aromatic heterocycles. The molecule has 0 aliphatic carbocycles. The van der Waals surface area contributed by atoms with Gasteiger partial charge in [0.05, 0.1) is 18.8 Å². The predicted octanol–water partition coefficient (Wildman–Crippen LogP) is 1.74. The first-order valence-electron chi connectivity index (χ1n) is 5.08. The third-order valence-corrected chi connectivity index (χ3v) is 1.98. The van der Waals surface area contributed by atoms with E-state index >= 15 is 0 Å². The van der Waals surface area contributed by atoms with Crippen molar-refractivity contribution in [3.05, 3.63) is 29.3 Å². The number of phenolic OH excluding ortho intramolecular Hbond substituents is 1. The highest BCUT2D eigenvalue weighted by Gasteiger charge is 2.16. The number of rotatable bonds is 3. The number of aromatic hydroxyl groups is 1. The average Bonchev–Trinajstić information content (AvgIpc) is 2.27. The fourth-order valence-corrected chi connectivity index (χ4v) is 1.22. The zero-order valence-electron chi connectivity index (χ0n) is 9.89. The summed E-state index contributed by atoms with van der Waals surface area (Å²) in [5.41, 5.74) is 0.127. The van der Waals surface area contributed by atoms with Gasteiger partial charge in [0.25, 0.3) is 0 Å². The summed E-state index contributed by atoms with van der Waals surface area (Å²) in [4.78, 5) is 22.9. The summed E-state index contributed by atoms with van der Waals surface area (Å²) in [5, 5.41) is 9.45. The molecule has 5 nitrogen and oxygen atoms in total. The molecule has 0 saturated heterocycles. The molecule has 0 saturated carbocycles. The molecule has 0 unspecified atom stereocenters. The highest BCUT2D eigenvalue weighted by Crippen LogP contribution is 2.20. The summed E-state index contributed by atoms with van der Waals surface area (Å²) in [6, 6.07) is 3.88. The number of hydrogen-bond donors (Lipinski definition) is 1. The van der Waals surface area contributed by atoms with Gasteiger partial charge < -0.3 is 14.6 Å². The van der Waals surface area contributed by atoms with Gasteiger partial charge in [0.2, 0.25) is 0 Å². The normalized spacial score (nSPS) is 10.1. The molecule has 0 spiro atoms. The Morgan fingerprint density at radius 2 is 1.88 bits per heavy atom. The summed E-state index contributed by atoms with van der Waals surface area (Å²) in [6.07, 6.45) is -0.252. The lowest BCUT2D eigenvalue weighted by Crippen LogP contribution is -2.12. The number of hydrogen-bond acceptors (Lipinski definition) is 5. The van der Waals surface area contributed by atoms with E-state index in [0.29, 0.717) is 0 Å². The van der Waals surface area contributed by atoms with Crippen LogP contribution < -0.4 is 0 Å². The van der Waals surface area contributed by atoms with Crippen LogP contribution in [-0.2, 0) is 9.47 Å². The molecule has 0 heterocycles. The van der Waals surface area contributed by atoms with Gasteiger partial charge in [0.15, 0.2) is 0 Å². The summed E-state index contributed by atoms with van der Waals surface area (Å²) in [6.45, 7) is 3.44. The molecule has 17 heavy (non-hydrogen) atoms. The summed E-state index contributed by atoms with van der Waals surface area (Å²) >= 11 is 0. The van der Waals surface area contributed by atoms with Crippen LogP contribution in [0, 0.1) is 0 Å². The molecule has 0 fully saturated rings. The SMILES string of the molecule is COC(=O)c1cc(C(=O)OC(C)C)ccc1O. The number of carbonyl (C=O) groups is 2. The van der Waals surface area contributed by atoms with Gasteiger partial charge >= 0.3 is 11.9 Å². The van der Waals surface area contributed by atoms with Gasteiger partial charge in [-0.15, -0.1) is 0 Å². The van der Waals surface area contributed by atoms with Crippen molar-refractivity contribution in [1.29, 1.82) is 0 Å². The first-order valence-corrected chi connectivity index (χ1v) is 5.08. The Bertz CT molecular complexity index is 437. The third-order valence-electron chi connectivity index (χ3n) is 1.98. The molecule has 5 heteroatoms. The molecule has 0 radical (unpaired) electrons. The van der Waals surface area contributed by atoms with Crippen LogP contribution in [0.15, 0.2) is 18.2 Å². The van der Waals surface area contributed by atoms with Gasteiger partial charge in [-0.2, -0.15) is 0 Å². The quantitative estimate of drug-likeness (QED) is 0.812. The minimum Gasteiger partial charge on any atom is -0.507 e. The van der Waals surface area contributed by atoms with Crippen molar-refractivity contribution in [2.45, 2.75) is 20.0 Å². The molecular formula is C12H14O5. The number of methoxy groups -OCH3 is 1. The van der Waals surface area contributed by atoms with Crippen molar-refractivity contribution in [3.63, 3.8) is 0 Å². The predicted molar refractivity (Wildman–Crippen MR) is 60.0 cm³/mol. The van der Waals surface area contributed by atoms with Crippen molar-refractivity contribution in [3.8, 4) is 5.75 Å². The van der Waals surface area contributed by atoms with E-state index < -0.39 is 11.9 Å². The van der Waals surface area contributed by atoms with Crippen LogP contribution >= 0.6 is 0 Å². The molecule has 0 aliphatic heterocycles. The maximum Gasteiger partial charge on any atom is 0.341 e. The second-order valence-corrected chi connectivity index (χ2v) is 3.68. The Morgan fingerprint density at radius 3 is 2.41 bits per heavy atom. The number of esters is 2. The zero-order chi connectivity index (χ0) is 13.0. The van der Waals surface area contributed by atoms with E-state index in [9.17, 15) is 14.7 Å². The van der Waals surface area contributed by atoms with Crippen LogP contribution in [0.25, 0.3) is 0 Å². The van der Waals surface area contributed by atoms with Crippen LogP contribution in [0.3, 0.4) is 0 Å². The van der Waals surface area contributed by atoms with Crippen LogP contribution in [0.4, 0.5) is 0 Å². The van der Waals surface area contributed by atoms with Gasteiger partial charge in [-0.05, 0) is 32.0 Å². The van der Waals surface area contributed by atoms with E-state index in [1.165, 1.54) is 25.3 Å². The molecule has 1 aromatic rings. The standard InChI is InChI=1S/C12H14O5/c1-7(2)17-11(14)8-4-5-10(13)9(6-8)12(15)16-3/h4-7,13H,1-3H3. The topological polar surface area (TPSA) is 72.8 Å². The Labute approximate surface area is 99.0 Å². The van der Waals surface area contributed by atoms with Crippen molar-refractivity contribution < 1.29 is 24.2 Å². The molecule has 92 valence electrons. The van der Waals surface area contributed by atoms with E-state index in [4.69, 9.17) is 4.74 Å². The largest absolute Gasteiger partial charge is 0.507 e. The maximum atomic E-state index is 11.6. The highest BCUT2D eigenvalue weighted by atomic mass is 16.5. The summed E-state index contributed by atoms with van der Waals surface area (Å²) in [5.74, 6) is -1.50. The van der Waals surface area contributed by atoms with Gasteiger partial charge in [0.1, 0.15) is 11.3 Å². The fraction of sp³-hybridized carbons (Fsp3) is 0.333. The van der Waals surface area contributed by atoms with Gasteiger partial charge in [-0.25, -0.2) is 9.59 Å². The van der Waals surface area contributed by atoms with Gasteiger partial charge in [-0.1, -0.05) is 0 Å². The van der Waals surface area contributed by atoms with E-state index in [1.54, 1.807) is 13.8 Å². The fourth-order valence-electron chi connectivity index (χ4n) is 1.22. The van der Waals surface area contributed by atoms with Crippen molar-refractivity contribution >= 4 is 11.9 Å². The van der Waals surface area contributed by atoms with Crippen molar-refractivity contribution in [1.82, 2.24) is 0 Å². The Balaban J connectivity index is 3.04. The maximum absolute atomic E-state index is 11.6. The summed E-state index contributed by atoms with van der Waals surface area (Å²) < 4.78 is 9.45. The van der Waals surface area contributed by atoms with E-state index in [1.807, 2.05) is 0 Å². The lowest BCUT2D eigenvalue weighted by molar-refractivity contribution is 0.0378. The van der Waals surface area contributed by atoms with Crippen LogP contribution in [0.1, 0.15) is 34.6 Å². The second kappa shape index (κ2) is 5.34. The minimum atomic E-state index is -0.707. The van der Waals surface area contributed by atoms with E-state index in [0.717, 1.165) is 0 Å². The molecule has 1 N–H and O–H groups in total. The third kappa shape index (κ3) is 3.21. The second-order valence-electron chi connectivity index (χ2n) is 3.68. The van der Waals surface area contributed by atoms with Crippen LogP contribution in [0.5, 0.6) is 5.75 Å². The van der Waals surface area contributed by atoms with E-state index in [-0.39, 0.29) is 23.0 Å². The molecule has 0 bridgehead atoms. The molecule has 1 rings (SSSR count).